The predicted molar refractivity (Wildman–Crippen MR) is 115 cm³/mol. The van der Waals surface area contributed by atoms with Crippen LogP contribution in [0.5, 0.6) is 0 Å². The fourth-order valence-corrected chi connectivity index (χ4v) is 5.38. The summed E-state index contributed by atoms with van der Waals surface area (Å²) < 4.78 is 5.28. The molecule has 3 saturated heterocycles. The summed E-state index contributed by atoms with van der Waals surface area (Å²) in [5, 5.41) is 1.70. The van der Waals surface area contributed by atoms with Crippen molar-refractivity contribution in [1.29, 1.82) is 0 Å². The Hall–Kier alpha value is -2.34. The van der Waals surface area contributed by atoms with Crippen LogP contribution >= 0.6 is 11.6 Å². The van der Waals surface area contributed by atoms with E-state index >= 15 is 0 Å². The van der Waals surface area contributed by atoms with Gasteiger partial charge in [0.2, 0.25) is 0 Å². The fraction of sp³-hybridized carbons (Fsp3) is 0.522. The highest BCUT2D eigenvalue weighted by Gasteiger charge is 2.49. The molecule has 4 heterocycles. The van der Waals surface area contributed by atoms with Crippen molar-refractivity contribution in [2.75, 3.05) is 19.7 Å². The van der Waals surface area contributed by atoms with E-state index in [1.807, 2.05) is 30.0 Å². The summed E-state index contributed by atoms with van der Waals surface area (Å²) in [6.45, 7) is 3.51. The molecule has 1 aromatic heterocycles. The van der Waals surface area contributed by atoms with E-state index in [1.165, 1.54) is 5.56 Å². The van der Waals surface area contributed by atoms with Crippen LogP contribution in [-0.4, -0.2) is 58.6 Å². The lowest BCUT2D eigenvalue weighted by molar-refractivity contribution is -0.0507. The van der Waals surface area contributed by atoms with Crippen molar-refractivity contribution in [2.24, 2.45) is 0 Å². The molecule has 0 saturated carbocycles. The molecule has 2 amide bonds. The molecule has 0 radical (unpaired) electrons. The van der Waals surface area contributed by atoms with E-state index in [9.17, 15) is 9.59 Å². The lowest BCUT2D eigenvalue weighted by Gasteiger charge is -2.55. The van der Waals surface area contributed by atoms with E-state index in [4.69, 9.17) is 21.3 Å². The summed E-state index contributed by atoms with van der Waals surface area (Å²) in [6, 6.07) is 5.74. The number of ether oxygens (including phenoxy) is 1. The minimum atomic E-state index is -0.250. The van der Waals surface area contributed by atoms with E-state index in [1.54, 1.807) is 4.90 Å². The third-order valence-electron chi connectivity index (χ3n) is 6.56. The van der Waals surface area contributed by atoms with Crippen LogP contribution in [0.4, 0.5) is 4.79 Å². The average Bonchev–Trinajstić information content (AvgIpc) is 2.77. The van der Waals surface area contributed by atoms with Crippen LogP contribution in [0.15, 0.2) is 18.2 Å². The van der Waals surface area contributed by atoms with Crippen molar-refractivity contribution in [3.05, 3.63) is 40.0 Å². The zero-order chi connectivity index (χ0) is 20.8. The Morgan fingerprint density at radius 3 is 2.73 bits per heavy atom. The van der Waals surface area contributed by atoms with Crippen LogP contribution in [0.1, 0.15) is 54.2 Å². The van der Waals surface area contributed by atoms with Gasteiger partial charge in [0.25, 0.3) is 5.91 Å². The average molecular weight is 428 g/mol. The molecular formula is C23H26ClN3O3. The summed E-state index contributed by atoms with van der Waals surface area (Å²) in [4.78, 5) is 33.9. The van der Waals surface area contributed by atoms with Crippen molar-refractivity contribution in [2.45, 2.75) is 57.5 Å². The second kappa shape index (κ2) is 7.73. The molecule has 0 N–H and O–H groups in total. The lowest BCUT2D eigenvalue weighted by atomic mass is 9.87. The Labute approximate surface area is 181 Å². The van der Waals surface area contributed by atoms with Crippen LogP contribution in [0, 0.1) is 0 Å². The van der Waals surface area contributed by atoms with Gasteiger partial charge in [-0.1, -0.05) is 24.6 Å². The number of benzene rings is 1. The van der Waals surface area contributed by atoms with E-state index in [0.29, 0.717) is 25.3 Å². The monoisotopic (exact) mass is 427 g/mol. The zero-order valence-electron chi connectivity index (χ0n) is 17.2. The molecule has 2 aromatic rings. The highest BCUT2D eigenvalue weighted by Crippen LogP contribution is 2.35. The van der Waals surface area contributed by atoms with Gasteiger partial charge in [0.1, 0.15) is 0 Å². The van der Waals surface area contributed by atoms with E-state index in [-0.39, 0.29) is 24.1 Å². The Morgan fingerprint density at radius 1 is 1.20 bits per heavy atom. The first kappa shape index (κ1) is 19.6. The van der Waals surface area contributed by atoms with Crippen LogP contribution in [0.25, 0.3) is 10.9 Å². The summed E-state index contributed by atoms with van der Waals surface area (Å²) in [6.07, 6.45) is 5.70. The standard InChI is InChI=1S/C23H26ClN3O3/c1-2-9-30-23(29)27-15-11-16(27)13-26(12-15)22(28)14-7-8-18-20(10-14)25-19-6-4-3-5-17(19)21(18)24/h7-8,10,15-16H,2-6,9,11-13H2,1H3. The summed E-state index contributed by atoms with van der Waals surface area (Å²) in [5.41, 5.74) is 3.66. The number of aryl methyl sites for hydroxylation is 1. The predicted octanol–water partition coefficient (Wildman–Crippen LogP) is 4.21. The number of nitrogens with zero attached hydrogens (tertiary/aromatic N) is 3. The van der Waals surface area contributed by atoms with Crippen LogP contribution in [0.2, 0.25) is 5.02 Å². The number of fused-ring (bicyclic) bond motifs is 4. The number of carbonyl (C=O) groups is 2. The number of halogens is 1. The van der Waals surface area contributed by atoms with Gasteiger partial charge in [-0.25, -0.2) is 4.79 Å². The SMILES string of the molecule is CCCOC(=O)N1C2CC1CN(C(=O)c1ccc3c(Cl)c4c(nc3c1)CCCC4)C2. The molecule has 30 heavy (non-hydrogen) atoms. The lowest BCUT2D eigenvalue weighted by Crippen LogP contribution is -2.70. The molecule has 3 aliphatic heterocycles. The number of rotatable bonds is 3. The van der Waals surface area contributed by atoms with Crippen molar-refractivity contribution in [3.63, 3.8) is 0 Å². The number of hydrogen-bond donors (Lipinski definition) is 0. The van der Waals surface area contributed by atoms with Gasteiger partial charge >= 0.3 is 6.09 Å². The first-order valence-corrected chi connectivity index (χ1v) is 11.3. The Morgan fingerprint density at radius 2 is 1.97 bits per heavy atom. The topological polar surface area (TPSA) is 62.7 Å². The number of piperidine rings is 1. The highest BCUT2D eigenvalue weighted by molar-refractivity contribution is 6.36. The van der Waals surface area contributed by atoms with Gasteiger partial charge in [-0.05, 0) is 56.2 Å². The van der Waals surface area contributed by atoms with Crippen molar-refractivity contribution < 1.29 is 14.3 Å². The minimum Gasteiger partial charge on any atom is -0.449 e. The number of carbonyl (C=O) groups excluding carboxylic acids is 2. The molecule has 6 rings (SSSR count). The molecule has 3 fully saturated rings. The molecule has 0 spiro atoms. The van der Waals surface area contributed by atoms with Crippen LogP contribution in [-0.2, 0) is 17.6 Å². The highest BCUT2D eigenvalue weighted by atomic mass is 35.5. The number of amides is 2. The van der Waals surface area contributed by atoms with Gasteiger partial charge in [0.05, 0.1) is 29.2 Å². The summed E-state index contributed by atoms with van der Waals surface area (Å²) >= 11 is 6.66. The van der Waals surface area contributed by atoms with Gasteiger partial charge in [-0.15, -0.1) is 0 Å². The maximum absolute atomic E-state index is 13.2. The summed E-state index contributed by atoms with van der Waals surface area (Å²) in [7, 11) is 0. The maximum Gasteiger partial charge on any atom is 0.410 e. The third-order valence-corrected chi connectivity index (χ3v) is 6.99. The van der Waals surface area contributed by atoms with Gasteiger partial charge < -0.3 is 9.64 Å². The molecule has 4 aliphatic rings. The molecular weight excluding hydrogens is 402 g/mol. The molecule has 1 aliphatic carbocycles. The quantitative estimate of drug-likeness (QED) is 0.736. The second-order valence-electron chi connectivity index (χ2n) is 8.57. The molecule has 2 bridgehead atoms. The largest absolute Gasteiger partial charge is 0.449 e. The van der Waals surface area contributed by atoms with E-state index < -0.39 is 0 Å². The first-order valence-electron chi connectivity index (χ1n) is 10.9. The van der Waals surface area contributed by atoms with Crippen molar-refractivity contribution in [3.8, 4) is 0 Å². The third kappa shape index (κ3) is 3.22. The molecule has 6 nitrogen and oxygen atoms in total. The molecule has 158 valence electrons. The van der Waals surface area contributed by atoms with Crippen LogP contribution < -0.4 is 0 Å². The van der Waals surface area contributed by atoms with Crippen molar-refractivity contribution in [1.82, 2.24) is 14.8 Å². The summed E-state index contributed by atoms with van der Waals surface area (Å²) in [5.74, 6) is -0.0104. The maximum atomic E-state index is 13.2. The van der Waals surface area contributed by atoms with Gasteiger partial charge in [0.15, 0.2) is 0 Å². The fourth-order valence-electron chi connectivity index (χ4n) is 5.02. The second-order valence-corrected chi connectivity index (χ2v) is 8.94. The van der Waals surface area contributed by atoms with Crippen molar-refractivity contribution >= 4 is 34.5 Å². The molecule has 1 aromatic carbocycles. The molecule has 2 atom stereocenters. The number of hydrogen-bond acceptors (Lipinski definition) is 4. The number of aromatic nitrogens is 1. The molecule has 2 unspecified atom stereocenters. The van der Waals surface area contributed by atoms with E-state index in [2.05, 4.69) is 0 Å². The van der Waals surface area contributed by atoms with Gasteiger partial charge in [-0.3, -0.25) is 14.7 Å². The Balaban J connectivity index is 1.34. The van der Waals surface area contributed by atoms with Crippen LogP contribution in [0.3, 0.4) is 0 Å². The van der Waals surface area contributed by atoms with E-state index in [0.717, 1.165) is 60.1 Å². The van der Waals surface area contributed by atoms with Gasteiger partial charge in [-0.2, -0.15) is 0 Å². The number of piperazine rings is 1. The molecule has 7 heteroatoms. The Kier molecular flexibility index (Phi) is 5.05. The Bertz CT molecular complexity index is 1010. The van der Waals surface area contributed by atoms with Gasteiger partial charge in [0, 0.05) is 29.7 Å². The smallest absolute Gasteiger partial charge is 0.410 e. The first-order chi connectivity index (χ1) is 14.6. The zero-order valence-corrected chi connectivity index (χ0v) is 18.0. The normalized spacial score (nSPS) is 22.5. The minimum absolute atomic E-state index is 0.0104. The number of pyridine rings is 1.